The molecule has 0 fully saturated rings. The number of aryl methyl sites for hydroxylation is 2. The maximum absolute atomic E-state index is 12.5. The molecule has 5 heterocycles. The van der Waals surface area contributed by atoms with Crippen LogP contribution in [-0.2, 0) is 36.8 Å². The van der Waals surface area contributed by atoms with Crippen LogP contribution in [0.2, 0.25) is 0 Å². The number of fused-ring (bicyclic) bond motifs is 2. The number of H-pyrrole nitrogens is 2. The highest BCUT2D eigenvalue weighted by molar-refractivity contribution is 6.14. The molecule has 2 amide bonds. The zero-order chi connectivity index (χ0) is 49.8. The molecule has 29 heteroatoms. The van der Waals surface area contributed by atoms with Crippen LogP contribution in [0.1, 0.15) is 93.4 Å². The minimum atomic E-state index is -3.03. The molecule has 17 nitrogen and oxygen atoms in total. The molecular formula is C37H36F12N6O11. The van der Waals surface area contributed by atoms with Gasteiger partial charge in [-0.05, 0) is 43.2 Å². The first-order valence-electron chi connectivity index (χ1n) is 18.7. The number of esters is 1. The molecule has 0 spiro atoms. The number of alkyl halides is 12. The summed E-state index contributed by atoms with van der Waals surface area (Å²) in [5.41, 5.74) is -4.30. The number of amidine groups is 1. The van der Waals surface area contributed by atoms with Gasteiger partial charge in [-0.1, -0.05) is 0 Å². The average molecular weight is 969 g/mol. The Morgan fingerprint density at radius 3 is 1.44 bits per heavy atom. The summed E-state index contributed by atoms with van der Waals surface area (Å²) in [6.45, 7) is 0. The highest BCUT2D eigenvalue weighted by atomic mass is 19.3. The summed E-state index contributed by atoms with van der Waals surface area (Å²) in [5.74, 6) is -5.23. The van der Waals surface area contributed by atoms with Crippen LogP contribution in [0.25, 0.3) is 22.2 Å². The maximum Gasteiger partial charge on any atom is 0.337 e. The molecule has 364 valence electrons. The number of halogens is 12. The Morgan fingerprint density at radius 1 is 0.652 bits per heavy atom. The molecule has 0 saturated carbocycles. The average Bonchev–Trinajstić information content (AvgIpc) is 3.20. The fourth-order valence-electron chi connectivity index (χ4n) is 5.23. The van der Waals surface area contributed by atoms with Crippen molar-refractivity contribution in [2.45, 2.75) is 109 Å². The Kier molecular flexibility index (Phi) is 22.6. The number of nitrogens with zero attached hydrogens (tertiary/aromatic N) is 3. The molecule has 3 N–H and O–H groups in total. The number of rotatable bonds is 17. The molecule has 0 aromatic carbocycles. The number of methoxy groups -OCH3 is 1. The number of nitrogens with one attached hydrogen (secondary N) is 3. The smallest absolute Gasteiger partial charge is 0.337 e. The van der Waals surface area contributed by atoms with Gasteiger partial charge in [0, 0.05) is 37.8 Å². The molecule has 0 bridgehead atoms. The summed E-state index contributed by atoms with van der Waals surface area (Å²) in [6, 6.07) is 1.96. The number of hydrogen-bond acceptors (Lipinski definition) is 13. The fraction of sp³-hybridized carbons (Fsp3) is 0.486. The fourth-order valence-corrected chi connectivity index (χ4v) is 5.23. The van der Waals surface area contributed by atoms with Gasteiger partial charge in [0.25, 0.3) is 36.3 Å². The Morgan fingerprint density at radius 2 is 1.08 bits per heavy atom. The second-order valence-corrected chi connectivity index (χ2v) is 13.1. The van der Waals surface area contributed by atoms with Gasteiger partial charge < -0.3 is 28.9 Å². The lowest BCUT2D eigenvalue weighted by Crippen LogP contribution is -2.40. The molecule has 0 radical (unpaired) electrons. The Bertz CT molecular complexity index is 2430. The lowest BCUT2D eigenvalue weighted by molar-refractivity contribution is -0.143. The van der Waals surface area contributed by atoms with Crippen molar-refractivity contribution in [2.75, 3.05) is 7.11 Å². The van der Waals surface area contributed by atoms with E-state index >= 15 is 0 Å². The first-order valence-corrected chi connectivity index (χ1v) is 18.7. The van der Waals surface area contributed by atoms with Gasteiger partial charge in [0.1, 0.15) is 29.4 Å². The van der Waals surface area contributed by atoms with Crippen LogP contribution in [0.5, 0.6) is 0 Å². The quantitative estimate of drug-likeness (QED) is 0.0619. The number of hydrogen-bond donors (Lipinski definition) is 3. The number of ether oxygens (including phenoxy) is 1. The molecule has 0 unspecified atom stereocenters. The number of aromatic nitrogens is 4. The molecule has 0 aliphatic carbocycles. The van der Waals surface area contributed by atoms with E-state index in [9.17, 15) is 91.0 Å². The normalized spacial score (nSPS) is 12.5. The van der Waals surface area contributed by atoms with E-state index in [1.807, 2.05) is 9.97 Å². The number of carbonyl (C=O) groups is 4. The third kappa shape index (κ3) is 19.2. The van der Waals surface area contributed by atoms with Crippen molar-refractivity contribution < 1.29 is 85.4 Å². The van der Waals surface area contributed by atoms with E-state index in [0.717, 1.165) is 12.1 Å². The van der Waals surface area contributed by atoms with E-state index in [0.29, 0.717) is 0 Å². The molecule has 1 aliphatic rings. The van der Waals surface area contributed by atoms with Crippen LogP contribution in [0.15, 0.2) is 45.1 Å². The van der Waals surface area contributed by atoms with E-state index in [-0.39, 0.29) is 79.0 Å². The molecular weight excluding hydrogens is 932 g/mol. The first kappa shape index (κ1) is 55.4. The molecule has 0 atom stereocenters. The lowest BCUT2D eigenvalue weighted by atomic mass is 10.1. The van der Waals surface area contributed by atoms with E-state index < -0.39 is 127 Å². The third-order valence-corrected chi connectivity index (χ3v) is 8.06. The molecule has 0 saturated heterocycles. The topological polar surface area (TPSA) is 254 Å². The van der Waals surface area contributed by atoms with Crippen molar-refractivity contribution in [1.29, 1.82) is 0 Å². The number of amides is 2. The molecule has 4 aromatic heterocycles. The Labute approximate surface area is 360 Å². The summed E-state index contributed by atoms with van der Waals surface area (Å²) < 4.78 is 159. The van der Waals surface area contributed by atoms with Crippen molar-refractivity contribution in [3.05, 3.63) is 76.5 Å². The lowest BCUT2D eigenvalue weighted by Gasteiger charge is -2.10. The Hall–Kier alpha value is -6.71. The van der Waals surface area contributed by atoms with Gasteiger partial charge in [-0.2, -0.15) is 15.0 Å². The van der Waals surface area contributed by atoms with Crippen molar-refractivity contribution in [3.8, 4) is 0 Å². The van der Waals surface area contributed by atoms with Gasteiger partial charge in [-0.15, -0.1) is 0 Å². The SMILES string of the molecule is COC(=O)CC(=O)CCCC(F)F.O=C1CC(=O)NC(C(F)F)=N1.O=c1cc(CCCC(F)F)c2c(=O)[nH]c(C(F)F)nc2o1.O=c1cc(CCCC(F)F)c2c(=O)[nH]c(C(F)F)nc2o1. The minimum Gasteiger partial charge on any atom is -0.469 e. The first-order chi connectivity index (χ1) is 30.9. The van der Waals surface area contributed by atoms with Crippen LogP contribution < -0.4 is 27.7 Å². The summed E-state index contributed by atoms with van der Waals surface area (Å²) in [6.07, 6.45) is -18.0. The maximum atomic E-state index is 12.5. The van der Waals surface area contributed by atoms with E-state index in [4.69, 9.17) is 0 Å². The number of aromatic amines is 2. The van der Waals surface area contributed by atoms with Gasteiger partial charge in [0.2, 0.25) is 36.6 Å². The number of carbonyl (C=O) groups excluding carboxylic acids is 4. The number of aliphatic imine (C=N–C) groups is 1. The van der Waals surface area contributed by atoms with Crippen molar-refractivity contribution in [2.24, 2.45) is 4.99 Å². The van der Waals surface area contributed by atoms with E-state index in [2.05, 4.69) is 28.5 Å². The predicted octanol–water partition coefficient (Wildman–Crippen LogP) is 6.05. The second-order valence-electron chi connectivity index (χ2n) is 13.1. The van der Waals surface area contributed by atoms with E-state index in [1.54, 1.807) is 5.32 Å². The van der Waals surface area contributed by atoms with Crippen molar-refractivity contribution in [1.82, 2.24) is 25.3 Å². The van der Waals surface area contributed by atoms with Crippen LogP contribution in [0.3, 0.4) is 0 Å². The zero-order valence-electron chi connectivity index (χ0n) is 33.8. The summed E-state index contributed by atoms with van der Waals surface area (Å²) >= 11 is 0. The van der Waals surface area contributed by atoms with Gasteiger partial charge in [0.05, 0.1) is 7.11 Å². The zero-order valence-corrected chi connectivity index (χ0v) is 33.8. The Balaban J connectivity index is 0.000000314. The van der Waals surface area contributed by atoms with Crippen molar-refractivity contribution in [3.63, 3.8) is 0 Å². The molecule has 5 rings (SSSR count). The highest BCUT2D eigenvalue weighted by Crippen LogP contribution is 2.20. The molecule has 66 heavy (non-hydrogen) atoms. The molecule has 1 aliphatic heterocycles. The van der Waals surface area contributed by atoms with Crippen LogP contribution in [0.4, 0.5) is 52.7 Å². The summed E-state index contributed by atoms with van der Waals surface area (Å²) in [7, 11) is 1.18. The number of ketones is 1. The highest BCUT2D eigenvalue weighted by Gasteiger charge is 2.24. The molecule has 4 aromatic rings. The predicted molar refractivity (Wildman–Crippen MR) is 202 cm³/mol. The van der Waals surface area contributed by atoms with Gasteiger partial charge in [-0.3, -0.25) is 28.8 Å². The summed E-state index contributed by atoms with van der Waals surface area (Å²) in [4.78, 5) is 102. The van der Waals surface area contributed by atoms with E-state index in [1.165, 1.54) is 7.11 Å². The third-order valence-electron chi connectivity index (χ3n) is 8.06. The van der Waals surface area contributed by atoms with Gasteiger partial charge in [0.15, 0.2) is 17.5 Å². The monoisotopic (exact) mass is 968 g/mol. The van der Waals surface area contributed by atoms with Crippen LogP contribution in [-0.4, -0.2) is 82.2 Å². The van der Waals surface area contributed by atoms with Gasteiger partial charge in [-0.25, -0.2) is 62.3 Å². The number of Topliss-reactive ketones (excluding diaryl/α,β-unsaturated/α-hetero) is 1. The van der Waals surface area contributed by atoms with Gasteiger partial charge >= 0.3 is 17.2 Å². The van der Waals surface area contributed by atoms with Crippen LogP contribution in [0, 0.1) is 0 Å². The second kappa shape index (κ2) is 26.9. The summed E-state index contributed by atoms with van der Waals surface area (Å²) in [5, 5.41) is 1.44. The largest absolute Gasteiger partial charge is 0.469 e. The van der Waals surface area contributed by atoms with Crippen molar-refractivity contribution >= 4 is 51.6 Å². The minimum absolute atomic E-state index is 0.0133. The standard InChI is InChI=1S/2C12H10F4N2O3.C8H12F2O3.C5H4F2N2O2/c2*13-6(14)3-1-2-5-4-7(19)21-12-8(5)11(20)17-10(18-12)9(15)16;1-13-8(12)5-6(11)3-2-4-7(9)10;6-4(7)5-8-2(10)1-3(11)9-5/h2*4,6,9H,1-3H2,(H,17,18,20);7H,2-5H2,1H3;4H,1H2,(H,8,9,10,11). The van der Waals surface area contributed by atoms with Crippen LogP contribution >= 0.6 is 0 Å².